The quantitative estimate of drug-likeness (QED) is 0.702. The summed E-state index contributed by atoms with van der Waals surface area (Å²) in [6.07, 6.45) is 4.33. The van der Waals surface area contributed by atoms with Crippen molar-refractivity contribution >= 4 is 11.9 Å². The SMILES string of the molecule is CN(CC(=O)O)C(=O)C1(N)CCCCC1. The van der Waals surface area contributed by atoms with E-state index in [-0.39, 0.29) is 12.5 Å². The predicted octanol–water partition coefficient (Wildman–Crippen LogP) is 0.191. The van der Waals surface area contributed by atoms with Crippen LogP contribution in [-0.4, -0.2) is 41.0 Å². The highest BCUT2D eigenvalue weighted by atomic mass is 16.4. The van der Waals surface area contributed by atoms with E-state index in [4.69, 9.17) is 10.8 Å². The van der Waals surface area contributed by atoms with E-state index < -0.39 is 11.5 Å². The van der Waals surface area contributed by atoms with Gasteiger partial charge < -0.3 is 15.7 Å². The normalized spacial score (nSPS) is 19.6. The Bertz CT molecular complexity index is 259. The van der Waals surface area contributed by atoms with Crippen LogP contribution < -0.4 is 5.73 Å². The molecule has 0 aromatic carbocycles. The fraction of sp³-hybridized carbons (Fsp3) is 0.800. The standard InChI is InChI=1S/C10H18N2O3/c1-12(7-8(13)14)9(15)10(11)5-3-2-4-6-10/h2-7,11H2,1H3,(H,13,14). The second kappa shape index (κ2) is 4.61. The summed E-state index contributed by atoms with van der Waals surface area (Å²) in [6, 6.07) is 0. The number of rotatable bonds is 3. The second-order valence-electron chi connectivity index (χ2n) is 4.27. The molecule has 5 heteroatoms. The molecule has 0 spiro atoms. The van der Waals surface area contributed by atoms with Gasteiger partial charge >= 0.3 is 5.97 Å². The van der Waals surface area contributed by atoms with Crippen molar-refractivity contribution in [1.82, 2.24) is 4.90 Å². The number of nitrogens with zero attached hydrogens (tertiary/aromatic N) is 1. The van der Waals surface area contributed by atoms with Crippen LogP contribution in [0.25, 0.3) is 0 Å². The number of aliphatic carboxylic acids is 1. The zero-order chi connectivity index (χ0) is 11.5. The Morgan fingerprint density at radius 3 is 2.33 bits per heavy atom. The monoisotopic (exact) mass is 214 g/mol. The summed E-state index contributed by atoms with van der Waals surface area (Å²) in [4.78, 5) is 23.6. The Balaban J connectivity index is 2.61. The molecule has 1 aliphatic carbocycles. The molecule has 1 saturated carbocycles. The number of amides is 1. The summed E-state index contributed by atoms with van der Waals surface area (Å²) in [5, 5.41) is 8.58. The minimum absolute atomic E-state index is 0.246. The molecular weight excluding hydrogens is 196 g/mol. The van der Waals surface area contributed by atoms with Crippen LogP contribution >= 0.6 is 0 Å². The zero-order valence-corrected chi connectivity index (χ0v) is 9.03. The Morgan fingerprint density at radius 1 is 1.33 bits per heavy atom. The lowest BCUT2D eigenvalue weighted by Gasteiger charge is -2.34. The van der Waals surface area contributed by atoms with Gasteiger partial charge in [0.2, 0.25) is 5.91 Å². The van der Waals surface area contributed by atoms with Gasteiger partial charge in [-0.15, -0.1) is 0 Å². The number of nitrogens with two attached hydrogens (primary N) is 1. The maximum Gasteiger partial charge on any atom is 0.323 e. The van der Waals surface area contributed by atoms with Gasteiger partial charge in [-0.3, -0.25) is 9.59 Å². The molecule has 0 aromatic rings. The fourth-order valence-electron chi connectivity index (χ4n) is 2.05. The van der Waals surface area contributed by atoms with E-state index in [2.05, 4.69) is 0 Å². The van der Waals surface area contributed by atoms with Crippen LogP contribution in [0.2, 0.25) is 0 Å². The van der Waals surface area contributed by atoms with Crippen molar-refractivity contribution < 1.29 is 14.7 Å². The Kier molecular flexibility index (Phi) is 3.68. The summed E-state index contributed by atoms with van der Waals surface area (Å²) < 4.78 is 0. The van der Waals surface area contributed by atoms with Gasteiger partial charge in [-0.1, -0.05) is 19.3 Å². The molecule has 15 heavy (non-hydrogen) atoms. The van der Waals surface area contributed by atoms with Crippen LogP contribution in [0, 0.1) is 0 Å². The van der Waals surface area contributed by atoms with E-state index in [1.165, 1.54) is 11.9 Å². The molecule has 0 heterocycles. The molecule has 0 aromatic heterocycles. The number of carboxylic acid groups (broad SMARTS) is 1. The lowest BCUT2D eigenvalue weighted by atomic mass is 9.81. The molecule has 1 fully saturated rings. The van der Waals surface area contributed by atoms with Crippen LogP contribution in [0.3, 0.4) is 0 Å². The van der Waals surface area contributed by atoms with E-state index in [1.807, 2.05) is 0 Å². The van der Waals surface area contributed by atoms with Gasteiger partial charge in [0.15, 0.2) is 0 Å². The number of carbonyl (C=O) groups excluding carboxylic acids is 1. The molecule has 0 radical (unpaired) electrons. The van der Waals surface area contributed by atoms with Crippen LogP contribution in [0.1, 0.15) is 32.1 Å². The van der Waals surface area contributed by atoms with Crippen molar-refractivity contribution in [2.24, 2.45) is 5.73 Å². The summed E-state index contributed by atoms with van der Waals surface area (Å²) >= 11 is 0. The number of hydrogen-bond acceptors (Lipinski definition) is 3. The van der Waals surface area contributed by atoms with Crippen LogP contribution in [0.5, 0.6) is 0 Å². The smallest absolute Gasteiger partial charge is 0.323 e. The highest BCUT2D eigenvalue weighted by Gasteiger charge is 2.37. The maximum absolute atomic E-state index is 11.9. The Morgan fingerprint density at radius 2 is 1.87 bits per heavy atom. The van der Waals surface area contributed by atoms with E-state index in [0.29, 0.717) is 12.8 Å². The molecule has 0 aliphatic heterocycles. The van der Waals surface area contributed by atoms with Gasteiger partial charge in [-0.25, -0.2) is 0 Å². The molecule has 86 valence electrons. The third-order valence-corrected chi connectivity index (χ3v) is 2.89. The molecule has 0 saturated heterocycles. The minimum Gasteiger partial charge on any atom is -0.480 e. The predicted molar refractivity (Wildman–Crippen MR) is 55.3 cm³/mol. The Labute approximate surface area is 89.2 Å². The molecule has 0 bridgehead atoms. The van der Waals surface area contributed by atoms with E-state index >= 15 is 0 Å². The maximum atomic E-state index is 11.9. The van der Waals surface area contributed by atoms with Gasteiger partial charge in [0.05, 0.1) is 5.54 Å². The summed E-state index contributed by atoms with van der Waals surface area (Å²) in [6.45, 7) is -0.280. The van der Waals surface area contributed by atoms with Gasteiger partial charge in [0, 0.05) is 7.05 Å². The lowest BCUT2D eigenvalue weighted by molar-refractivity contribution is -0.146. The zero-order valence-electron chi connectivity index (χ0n) is 9.03. The number of carbonyl (C=O) groups is 2. The van der Waals surface area contributed by atoms with E-state index in [9.17, 15) is 9.59 Å². The number of likely N-dealkylation sites (N-methyl/N-ethyl adjacent to an activating group) is 1. The molecule has 5 nitrogen and oxygen atoms in total. The van der Waals surface area contributed by atoms with Gasteiger partial charge in [-0.2, -0.15) is 0 Å². The largest absolute Gasteiger partial charge is 0.480 e. The highest BCUT2D eigenvalue weighted by molar-refractivity contribution is 5.88. The number of hydrogen-bond donors (Lipinski definition) is 2. The van der Waals surface area contributed by atoms with Crippen LogP contribution in [0.4, 0.5) is 0 Å². The second-order valence-corrected chi connectivity index (χ2v) is 4.27. The van der Waals surface area contributed by atoms with E-state index in [0.717, 1.165) is 19.3 Å². The van der Waals surface area contributed by atoms with Gasteiger partial charge in [-0.05, 0) is 12.8 Å². The third-order valence-electron chi connectivity index (χ3n) is 2.89. The highest BCUT2D eigenvalue weighted by Crippen LogP contribution is 2.27. The molecule has 1 amide bonds. The molecular formula is C10H18N2O3. The molecule has 1 rings (SSSR count). The van der Waals surface area contributed by atoms with Crippen molar-refractivity contribution in [2.75, 3.05) is 13.6 Å². The van der Waals surface area contributed by atoms with E-state index in [1.54, 1.807) is 0 Å². The average molecular weight is 214 g/mol. The molecule has 1 aliphatic rings. The number of carboxylic acids is 1. The first-order valence-electron chi connectivity index (χ1n) is 5.22. The lowest BCUT2D eigenvalue weighted by Crippen LogP contribution is -2.56. The van der Waals surface area contributed by atoms with Crippen molar-refractivity contribution in [3.8, 4) is 0 Å². The van der Waals surface area contributed by atoms with Crippen molar-refractivity contribution in [3.63, 3.8) is 0 Å². The van der Waals surface area contributed by atoms with Crippen LogP contribution in [-0.2, 0) is 9.59 Å². The molecule has 0 atom stereocenters. The summed E-state index contributed by atoms with van der Waals surface area (Å²) in [7, 11) is 1.49. The summed E-state index contributed by atoms with van der Waals surface area (Å²) in [5.41, 5.74) is 5.16. The van der Waals surface area contributed by atoms with Crippen LogP contribution in [0.15, 0.2) is 0 Å². The van der Waals surface area contributed by atoms with Crippen molar-refractivity contribution in [2.45, 2.75) is 37.6 Å². The van der Waals surface area contributed by atoms with Gasteiger partial charge in [0.25, 0.3) is 0 Å². The topological polar surface area (TPSA) is 83.6 Å². The van der Waals surface area contributed by atoms with Crippen molar-refractivity contribution in [1.29, 1.82) is 0 Å². The molecule has 3 N–H and O–H groups in total. The van der Waals surface area contributed by atoms with Crippen molar-refractivity contribution in [3.05, 3.63) is 0 Å². The third kappa shape index (κ3) is 2.92. The first-order valence-corrected chi connectivity index (χ1v) is 5.22. The first-order chi connectivity index (χ1) is 6.96. The van der Waals surface area contributed by atoms with Gasteiger partial charge in [0.1, 0.15) is 6.54 Å². The summed E-state index contributed by atoms with van der Waals surface area (Å²) in [5.74, 6) is -1.25. The average Bonchev–Trinajstić information content (AvgIpc) is 2.16. The fourth-order valence-corrected chi connectivity index (χ4v) is 2.05. The Hall–Kier alpha value is -1.10. The molecule has 0 unspecified atom stereocenters. The minimum atomic E-state index is -1.01. The first kappa shape index (κ1) is 12.0.